The van der Waals surface area contributed by atoms with Crippen molar-refractivity contribution in [3.05, 3.63) is 65.1 Å². The molecule has 0 spiro atoms. The van der Waals surface area contributed by atoms with Crippen LogP contribution in [0.1, 0.15) is 36.3 Å². The lowest BCUT2D eigenvalue weighted by Gasteiger charge is -2.40. The van der Waals surface area contributed by atoms with Gasteiger partial charge < -0.3 is 10.2 Å². The zero-order valence-corrected chi connectivity index (χ0v) is 18.9. The van der Waals surface area contributed by atoms with Crippen LogP contribution in [0.5, 0.6) is 0 Å². The number of amides is 4. The summed E-state index contributed by atoms with van der Waals surface area (Å²) in [5, 5.41) is 5.01. The lowest BCUT2D eigenvalue weighted by molar-refractivity contribution is -0.136. The summed E-state index contributed by atoms with van der Waals surface area (Å²) in [6.07, 6.45) is 6.39. The minimum atomic E-state index is -1.19. The fourth-order valence-electron chi connectivity index (χ4n) is 4.68. The van der Waals surface area contributed by atoms with Crippen LogP contribution >= 0.6 is 11.3 Å². The van der Waals surface area contributed by atoms with Gasteiger partial charge in [0.05, 0.1) is 5.69 Å². The van der Waals surface area contributed by atoms with E-state index in [1.54, 1.807) is 29.7 Å². The first-order valence-electron chi connectivity index (χ1n) is 11.0. The van der Waals surface area contributed by atoms with Crippen LogP contribution in [0.4, 0.5) is 4.79 Å². The Hall–Kier alpha value is -3.00. The quantitative estimate of drug-likeness (QED) is 0.492. The van der Waals surface area contributed by atoms with E-state index in [0.717, 1.165) is 4.88 Å². The van der Waals surface area contributed by atoms with Gasteiger partial charge in [0, 0.05) is 43.0 Å². The maximum absolute atomic E-state index is 13.8. The number of aromatic nitrogens is 1. The van der Waals surface area contributed by atoms with Crippen molar-refractivity contribution in [2.24, 2.45) is 5.92 Å². The molecule has 168 valence electrons. The van der Waals surface area contributed by atoms with Crippen molar-refractivity contribution in [1.29, 1.82) is 0 Å². The first kappa shape index (κ1) is 22.2. The molecule has 1 atom stereocenters. The van der Waals surface area contributed by atoms with Crippen LogP contribution in [-0.2, 0) is 21.5 Å². The molecular weight excluding hydrogens is 424 g/mol. The van der Waals surface area contributed by atoms with Crippen LogP contribution < -0.4 is 5.32 Å². The average Bonchev–Trinajstić information content (AvgIpc) is 3.43. The number of nitrogens with zero attached hydrogens (tertiary/aromatic N) is 3. The van der Waals surface area contributed by atoms with Gasteiger partial charge in [-0.05, 0) is 49.3 Å². The van der Waals surface area contributed by atoms with E-state index in [2.05, 4.69) is 16.9 Å². The number of urea groups is 1. The van der Waals surface area contributed by atoms with Crippen molar-refractivity contribution in [1.82, 2.24) is 20.1 Å². The maximum atomic E-state index is 13.8. The Balaban J connectivity index is 1.55. The summed E-state index contributed by atoms with van der Waals surface area (Å²) >= 11 is 1.62. The average molecular weight is 453 g/mol. The molecule has 0 aromatic carbocycles. The smallest absolute Gasteiger partial charge is 0.325 e. The molecule has 2 aromatic rings. The first-order valence-corrected chi connectivity index (χ1v) is 11.9. The van der Waals surface area contributed by atoms with E-state index in [1.165, 1.54) is 4.90 Å². The molecule has 2 fully saturated rings. The van der Waals surface area contributed by atoms with E-state index in [4.69, 9.17) is 0 Å². The summed E-state index contributed by atoms with van der Waals surface area (Å²) in [6, 6.07) is 9.05. The fourth-order valence-corrected chi connectivity index (χ4v) is 5.37. The molecule has 4 amide bonds. The van der Waals surface area contributed by atoms with Gasteiger partial charge in [0.15, 0.2) is 5.54 Å². The maximum Gasteiger partial charge on any atom is 0.325 e. The number of piperidine rings is 1. The molecule has 0 bridgehead atoms. The molecule has 2 aromatic heterocycles. The van der Waals surface area contributed by atoms with E-state index < -0.39 is 5.54 Å². The van der Waals surface area contributed by atoms with Gasteiger partial charge in [-0.1, -0.05) is 18.2 Å². The van der Waals surface area contributed by atoms with Crippen molar-refractivity contribution < 1.29 is 14.4 Å². The topological polar surface area (TPSA) is 82.6 Å². The number of hydrogen-bond donors (Lipinski definition) is 1. The molecule has 32 heavy (non-hydrogen) atoms. The van der Waals surface area contributed by atoms with Gasteiger partial charge in [0.1, 0.15) is 0 Å². The number of carbonyl (C=O) groups is 3. The highest BCUT2D eigenvalue weighted by Gasteiger charge is 2.58. The van der Waals surface area contributed by atoms with Gasteiger partial charge >= 0.3 is 6.03 Å². The summed E-state index contributed by atoms with van der Waals surface area (Å²) in [6.45, 7) is 5.14. The molecule has 2 aliphatic rings. The fraction of sp³-hybridized carbons (Fsp3) is 0.417. The molecular formula is C24H28N4O3S. The summed E-state index contributed by atoms with van der Waals surface area (Å²) in [4.78, 5) is 47.9. The summed E-state index contributed by atoms with van der Waals surface area (Å²) in [5.74, 6) is -0.271. The van der Waals surface area contributed by atoms with Crippen molar-refractivity contribution in [3.8, 4) is 0 Å². The number of hydrogen-bond acceptors (Lipinski definition) is 5. The highest BCUT2D eigenvalue weighted by molar-refractivity contribution is 7.09. The SMILES string of the molecule is C=CCCC(=O)N1CCC([C@@]2(c3ccccn3)NC(=O)N(CCc3cccs3)C2=O)CC1. The Morgan fingerprint density at radius 3 is 2.72 bits per heavy atom. The first-order chi connectivity index (χ1) is 15.6. The van der Waals surface area contributed by atoms with Crippen LogP contribution in [0.3, 0.4) is 0 Å². The van der Waals surface area contributed by atoms with E-state index >= 15 is 0 Å². The van der Waals surface area contributed by atoms with Crippen LogP contribution in [0, 0.1) is 5.92 Å². The van der Waals surface area contributed by atoms with Gasteiger partial charge in [-0.2, -0.15) is 0 Å². The summed E-state index contributed by atoms with van der Waals surface area (Å²) in [5.41, 5.74) is -0.627. The lowest BCUT2D eigenvalue weighted by Crippen LogP contribution is -2.54. The summed E-state index contributed by atoms with van der Waals surface area (Å²) < 4.78 is 0. The Morgan fingerprint density at radius 1 is 1.25 bits per heavy atom. The monoisotopic (exact) mass is 452 g/mol. The molecule has 2 saturated heterocycles. The largest absolute Gasteiger partial charge is 0.343 e. The Bertz CT molecular complexity index is 970. The molecule has 0 unspecified atom stereocenters. The number of nitrogens with one attached hydrogen (secondary N) is 1. The molecule has 0 radical (unpaired) electrons. The van der Waals surface area contributed by atoms with Crippen molar-refractivity contribution in [2.75, 3.05) is 19.6 Å². The second-order valence-electron chi connectivity index (χ2n) is 8.22. The highest BCUT2D eigenvalue weighted by atomic mass is 32.1. The van der Waals surface area contributed by atoms with E-state index in [9.17, 15) is 14.4 Å². The summed E-state index contributed by atoms with van der Waals surface area (Å²) in [7, 11) is 0. The number of imide groups is 1. The Labute approximate surface area is 192 Å². The van der Waals surface area contributed by atoms with Crippen LogP contribution in [0.15, 0.2) is 54.6 Å². The standard InChI is InChI=1S/C24H28N4O3S/c1-2-3-9-21(29)27-14-10-18(11-15-27)24(20-8-4-5-13-25-20)22(30)28(23(31)26-24)16-12-19-7-6-17-32-19/h2,4-8,13,17-18H,1,3,9-12,14-16H2,(H,26,31)/t24-/m0/s1. The van der Waals surface area contributed by atoms with Crippen molar-refractivity contribution in [2.45, 2.75) is 37.6 Å². The molecule has 8 heteroatoms. The van der Waals surface area contributed by atoms with Crippen LogP contribution in [-0.4, -0.2) is 52.3 Å². The number of likely N-dealkylation sites (tertiary alicyclic amines) is 1. The molecule has 0 aliphatic carbocycles. The number of thiophene rings is 1. The normalized spacial score (nSPS) is 21.6. The number of rotatable bonds is 8. The highest BCUT2D eigenvalue weighted by Crippen LogP contribution is 2.40. The number of pyridine rings is 1. The van der Waals surface area contributed by atoms with Gasteiger partial charge in [0.2, 0.25) is 5.91 Å². The zero-order valence-electron chi connectivity index (χ0n) is 18.0. The third kappa shape index (κ3) is 4.19. The van der Waals surface area contributed by atoms with Crippen LogP contribution in [0.25, 0.3) is 0 Å². The minimum Gasteiger partial charge on any atom is -0.343 e. The van der Waals surface area contributed by atoms with E-state index in [0.29, 0.717) is 57.4 Å². The Morgan fingerprint density at radius 2 is 2.06 bits per heavy atom. The minimum absolute atomic E-state index is 0.106. The zero-order chi connectivity index (χ0) is 22.6. The van der Waals surface area contributed by atoms with Gasteiger partial charge in [-0.3, -0.25) is 19.5 Å². The lowest BCUT2D eigenvalue weighted by atomic mass is 9.75. The number of allylic oxidation sites excluding steroid dienone is 1. The molecule has 0 saturated carbocycles. The van der Waals surface area contributed by atoms with E-state index in [-0.39, 0.29) is 23.8 Å². The number of carbonyl (C=O) groups excluding carboxylic acids is 3. The van der Waals surface area contributed by atoms with Crippen molar-refractivity contribution >= 4 is 29.2 Å². The predicted molar refractivity (Wildman–Crippen MR) is 123 cm³/mol. The van der Waals surface area contributed by atoms with Gasteiger partial charge in [-0.25, -0.2) is 4.79 Å². The molecule has 1 N–H and O–H groups in total. The van der Waals surface area contributed by atoms with Crippen molar-refractivity contribution in [3.63, 3.8) is 0 Å². The second kappa shape index (κ2) is 9.65. The third-order valence-electron chi connectivity index (χ3n) is 6.38. The molecule has 4 heterocycles. The molecule has 2 aliphatic heterocycles. The Kier molecular flexibility index (Phi) is 6.69. The van der Waals surface area contributed by atoms with Gasteiger partial charge in [0.25, 0.3) is 5.91 Å². The molecule has 4 rings (SSSR count). The van der Waals surface area contributed by atoms with Crippen LogP contribution in [0.2, 0.25) is 0 Å². The molecule has 7 nitrogen and oxygen atoms in total. The second-order valence-corrected chi connectivity index (χ2v) is 9.25. The predicted octanol–water partition coefficient (Wildman–Crippen LogP) is 3.34. The van der Waals surface area contributed by atoms with E-state index in [1.807, 2.05) is 34.5 Å². The third-order valence-corrected chi connectivity index (χ3v) is 7.32. The van der Waals surface area contributed by atoms with Gasteiger partial charge in [-0.15, -0.1) is 17.9 Å².